The van der Waals surface area contributed by atoms with Crippen molar-refractivity contribution in [3.63, 3.8) is 0 Å². The summed E-state index contributed by atoms with van der Waals surface area (Å²) >= 11 is 0. The largest absolute Gasteiger partial charge is 0.338 e. The molecule has 1 saturated heterocycles. The molecule has 0 unspecified atom stereocenters. The molecule has 0 saturated carbocycles. The van der Waals surface area contributed by atoms with Crippen molar-refractivity contribution in [2.45, 2.75) is 52.5 Å². The summed E-state index contributed by atoms with van der Waals surface area (Å²) in [4.78, 5) is 6.95. The first kappa shape index (κ1) is 15.4. The Hall–Kier alpha value is -0.940. The molecule has 20 heavy (non-hydrogen) atoms. The van der Waals surface area contributed by atoms with Crippen LogP contribution in [-0.4, -0.2) is 41.2 Å². The molecule has 1 aliphatic heterocycles. The predicted molar refractivity (Wildman–Crippen MR) is 79.5 cm³/mol. The van der Waals surface area contributed by atoms with Gasteiger partial charge in [0.15, 0.2) is 5.82 Å². The maximum absolute atomic E-state index is 5.37. The molecule has 0 aromatic carbocycles. The van der Waals surface area contributed by atoms with Crippen molar-refractivity contribution in [2.24, 2.45) is 5.92 Å². The van der Waals surface area contributed by atoms with Crippen LogP contribution in [0.4, 0.5) is 0 Å². The number of hydrogen-bond acceptors (Lipinski definition) is 5. The van der Waals surface area contributed by atoms with Crippen LogP contribution >= 0.6 is 0 Å². The first-order valence-corrected chi connectivity index (χ1v) is 8.06. The molecule has 0 bridgehead atoms. The molecule has 1 aliphatic rings. The summed E-state index contributed by atoms with van der Waals surface area (Å²) in [6.45, 7) is 9.74. The minimum absolute atomic E-state index is 0.774. The minimum Gasteiger partial charge on any atom is -0.338 e. The second-order valence-corrected chi connectivity index (χ2v) is 5.78. The smallest absolute Gasteiger partial charge is 0.240 e. The van der Waals surface area contributed by atoms with E-state index in [1.165, 1.54) is 19.3 Å². The van der Waals surface area contributed by atoms with Crippen LogP contribution in [0, 0.1) is 5.92 Å². The number of rotatable bonds is 8. The average molecular weight is 280 g/mol. The molecule has 2 rings (SSSR count). The SMILES string of the molecule is CCCc1noc(CN(CCC)CC2CCNCC2)n1. The molecule has 1 aromatic heterocycles. The Morgan fingerprint density at radius 3 is 2.75 bits per heavy atom. The van der Waals surface area contributed by atoms with E-state index in [4.69, 9.17) is 4.52 Å². The first-order valence-electron chi connectivity index (χ1n) is 8.06. The summed E-state index contributed by atoms with van der Waals surface area (Å²) in [6, 6.07) is 0. The number of aryl methyl sites for hydroxylation is 1. The van der Waals surface area contributed by atoms with E-state index in [0.29, 0.717) is 0 Å². The molecule has 0 atom stereocenters. The van der Waals surface area contributed by atoms with Crippen LogP contribution in [0.1, 0.15) is 51.2 Å². The predicted octanol–water partition coefficient (Wildman–Crippen LogP) is 2.23. The van der Waals surface area contributed by atoms with Gasteiger partial charge in [0, 0.05) is 13.0 Å². The summed E-state index contributed by atoms with van der Waals surface area (Å²) in [5, 5.41) is 7.47. The first-order chi connectivity index (χ1) is 9.81. The summed E-state index contributed by atoms with van der Waals surface area (Å²) in [6.07, 6.45) is 5.70. The van der Waals surface area contributed by atoms with Crippen LogP contribution in [0.2, 0.25) is 0 Å². The van der Waals surface area contributed by atoms with Crippen molar-refractivity contribution in [1.29, 1.82) is 0 Å². The zero-order valence-corrected chi connectivity index (χ0v) is 12.9. The number of aromatic nitrogens is 2. The fraction of sp³-hybridized carbons (Fsp3) is 0.867. The molecule has 114 valence electrons. The normalized spacial score (nSPS) is 16.9. The van der Waals surface area contributed by atoms with Crippen LogP contribution in [0.3, 0.4) is 0 Å². The van der Waals surface area contributed by atoms with Crippen molar-refractivity contribution in [3.8, 4) is 0 Å². The van der Waals surface area contributed by atoms with Crippen LogP contribution in [-0.2, 0) is 13.0 Å². The van der Waals surface area contributed by atoms with Gasteiger partial charge in [-0.3, -0.25) is 4.90 Å². The summed E-state index contributed by atoms with van der Waals surface area (Å²) in [5.41, 5.74) is 0. The molecule has 1 aromatic rings. The summed E-state index contributed by atoms with van der Waals surface area (Å²) < 4.78 is 5.37. The second-order valence-electron chi connectivity index (χ2n) is 5.78. The van der Waals surface area contributed by atoms with Crippen molar-refractivity contribution in [2.75, 3.05) is 26.2 Å². The van der Waals surface area contributed by atoms with E-state index >= 15 is 0 Å². The maximum atomic E-state index is 5.37. The van der Waals surface area contributed by atoms with E-state index in [1.54, 1.807) is 0 Å². The fourth-order valence-electron chi connectivity index (χ4n) is 2.85. The Labute approximate surface area is 122 Å². The molecule has 0 amide bonds. The van der Waals surface area contributed by atoms with Gasteiger partial charge in [-0.2, -0.15) is 4.98 Å². The van der Waals surface area contributed by atoms with Gasteiger partial charge in [-0.15, -0.1) is 0 Å². The molecule has 1 N–H and O–H groups in total. The Bertz CT molecular complexity index is 374. The Balaban J connectivity index is 1.86. The molecule has 0 aliphatic carbocycles. The van der Waals surface area contributed by atoms with E-state index in [2.05, 4.69) is 34.2 Å². The van der Waals surface area contributed by atoms with E-state index < -0.39 is 0 Å². The highest BCUT2D eigenvalue weighted by atomic mass is 16.5. The lowest BCUT2D eigenvalue weighted by atomic mass is 9.97. The molecule has 0 radical (unpaired) electrons. The van der Waals surface area contributed by atoms with Crippen LogP contribution < -0.4 is 5.32 Å². The molecule has 2 heterocycles. The van der Waals surface area contributed by atoms with Gasteiger partial charge in [-0.1, -0.05) is 19.0 Å². The maximum Gasteiger partial charge on any atom is 0.240 e. The Morgan fingerprint density at radius 1 is 1.25 bits per heavy atom. The van der Waals surface area contributed by atoms with Gasteiger partial charge in [-0.05, 0) is 51.2 Å². The van der Waals surface area contributed by atoms with Crippen molar-refractivity contribution in [1.82, 2.24) is 20.4 Å². The molecule has 5 heteroatoms. The summed E-state index contributed by atoms with van der Waals surface area (Å²) in [7, 11) is 0. The molecular formula is C15H28N4O. The van der Waals surface area contributed by atoms with Crippen molar-refractivity contribution < 1.29 is 4.52 Å². The Kier molecular flexibility index (Phi) is 6.47. The van der Waals surface area contributed by atoms with E-state index in [9.17, 15) is 0 Å². The third-order valence-electron chi connectivity index (χ3n) is 3.86. The number of hydrogen-bond donors (Lipinski definition) is 1. The topological polar surface area (TPSA) is 54.2 Å². The van der Waals surface area contributed by atoms with Gasteiger partial charge in [0.25, 0.3) is 0 Å². The zero-order valence-electron chi connectivity index (χ0n) is 12.9. The lowest BCUT2D eigenvalue weighted by Crippen LogP contribution is -2.36. The Morgan fingerprint density at radius 2 is 2.05 bits per heavy atom. The van der Waals surface area contributed by atoms with Gasteiger partial charge in [0.05, 0.1) is 6.54 Å². The number of piperidine rings is 1. The molecule has 0 spiro atoms. The third kappa shape index (κ3) is 4.87. The third-order valence-corrected chi connectivity index (χ3v) is 3.86. The average Bonchev–Trinajstić information content (AvgIpc) is 2.88. The molecule has 5 nitrogen and oxygen atoms in total. The lowest BCUT2D eigenvalue weighted by Gasteiger charge is -2.29. The highest BCUT2D eigenvalue weighted by Crippen LogP contribution is 2.15. The number of nitrogens with one attached hydrogen (secondary N) is 1. The van der Waals surface area contributed by atoms with E-state index in [0.717, 1.165) is 63.2 Å². The van der Waals surface area contributed by atoms with E-state index in [-0.39, 0.29) is 0 Å². The van der Waals surface area contributed by atoms with Crippen LogP contribution in [0.5, 0.6) is 0 Å². The standard InChI is InChI=1S/C15H28N4O/c1-3-5-14-17-15(20-18-14)12-19(10-4-2)11-13-6-8-16-9-7-13/h13,16H,3-12H2,1-2H3. The van der Waals surface area contributed by atoms with Gasteiger partial charge in [0.2, 0.25) is 5.89 Å². The second kappa shape index (κ2) is 8.37. The molecular weight excluding hydrogens is 252 g/mol. The van der Waals surface area contributed by atoms with Gasteiger partial charge >= 0.3 is 0 Å². The van der Waals surface area contributed by atoms with Crippen LogP contribution in [0.15, 0.2) is 4.52 Å². The quantitative estimate of drug-likeness (QED) is 0.791. The highest BCUT2D eigenvalue weighted by Gasteiger charge is 2.18. The lowest BCUT2D eigenvalue weighted by molar-refractivity contribution is 0.178. The van der Waals surface area contributed by atoms with Crippen molar-refractivity contribution >= 4 is 0 Å². The van der Waals surface area contributed by atoms with E-state index in [1.807, 2.05) is 0 Å². The van der Waals surface area contributed by atoms with Gasteiger partial charge < -0.3 is 9.84 Å². The highest BCUT2D eigenvalue weighted by molar-refractivity contribution is 4.87. The monoisotopic (exact) mass is 280 g/mol. The van der Waals surface area contributed by atoms with Crippen molar-refractivity contribution in [3.05, 3.63) is 11.7 Å². The number of nitrogens with zero attached hydrogens (tertiary/aromatic N) is 3. The zero-order chi connectivity index (χ0) is 14.2. The summed E-state index contributed by atoms with van der Waals surface area (Å²) in [5.74, 6) is 2.43. The minimum atomic E-state index is 0.774. The fourth-order valence-corrected chi connectivity index (χ4v) is 2.85. The van der Waals surface area contributed by atoms with Gasteiger partial charge in [-0.25, -0.2) is 0 Å². The van der Waals surface area contributed by atoms with Gasteiger partial charge in [0.1, 0.15) is 0 Å². The van der Waals surface area contributed by atoms with Crippen LogP contribution in [0.25, 0.3) is 0 Å². The molecule has 1 fully saturated rings.